The zero-order valence-electron chi connectivity index (χ0n) is 16.0. The Balaban J connectivity index is 1.48. The van der Waals surface area contributed by atoms with Crippen molar-refractivity contribution >= 4 is 0 Å². The standard InChI is InChI=1S/C21H32N2O3/c1-25-19-8-7-17(14-18(19)24)15-22-12-13-26-21(16-22)9-3-2-6-20(21)23-10-4-5-11-23/h7-8,14,20,24H,2-6,9-13,15-16H2,1H3/t20-,21-/m1/s1. The Labute approximate surface area is 156 Å². The van der Waals surface area contributed by atoms with Gasteiger partial charge >= 0.3 is 0 Å². The summed E-state index contributed by atoms with van der Waals surface area (Å²) < 4.78 is 11.7. The van der Waals surface area contributed by atoms with E-state index >= 15 is 0 Å². The summed E-state index contributed by atoms with van der Waals surface area (Å²) in [5.74, 6) is 0.758. The van der Waals surface area contributed by atoms with Gasteiger partial charge in [0.1, 0.15) is 0 Å². The molecule has 26 heavy (non-hydrogen) atoms. The van der Waals surface area contributed by atoms with Crippen LogP contribution in [-0.2, 0) is 11.3 Å². The van der Waals surface area contributed by atoms with Crippen molar-refractivity contribution < 1.29 is 14.6 Å². The third-order valence-corrected chi connectivity index (χ3v) is 6.45. The first-order valence-electron chi connectivity index (χ1n) is 10.2. The Kier molecular flexibility index (Phi) is 5.39. The van der Waals surface area contributed by atoms with Crippen LogP contribution in [0.3, 0.4) is 0 Å². The number of ether oxygens (including phenoxy) is 2. The molecular weight excluding hydrogens is 328 g/mol. The lowest BCUT2D eigenvalue weighted by Crippen LogP contribution is -2.63. The number of nitrogens with zero attached hydrogens (tertiary/aromatic N) is 2. The van der Waals surface area contributed by atoms with Gasteiger partial charge in [-0.3, -0.25) is 9.80 Å². The molecule has 0 bridgehead atoms. The van der Waals surface area contributed by atoms with Gasteiger partial charge in [-0.15, -0.1) is 0 Å². The van der Waals surface area contributed by atoms with Gasteiger partial charge in [-0.05, 0) is 56.5 Å². The van der Waals surface area contributed by atoms with E-state index in [0.717, 1.165) is 31.8 Å². The van der Waals surface area contributed by atoms with Gasteiger partial charge < -0.3 is 14.6 Å². The van der Waals surface area contributed by atoms with Crippen LogP contribution in [0.1, 0.15) is 44.1 Å². The summed E-state index contributed by atoms with van der Waals surface area (Å²) in [6, 6.07) is 6.32. The van der Waals surface area contributed by atoms with E-state index in [4.69, 9.17) is 9.47 Å². The van der Waals surface area contributed by atoms with Crippen LogP contribution in [0, 0.1) is 0 Å². The SMILES string of the molecule is COc1ccc(CN2CCO[C@]3(CCCC[C@H]3N3CCCC3)C2)cc1O. The lowest BCUT2D eigenvalue weighted by molar-refractivity contribution is -0.165. The zero-order chi connectivity index (χ0) is 18.0. The first kappa shape index (κ1) is 18.1. The van der Waals surface area contributed by atoms with Gasteiger partial charge in [-0.25, -0.2) is 0 Å². The largest absolute Gasteiger partial charge is 0.504 e. The third kappa shape index (κ3) is 3.57. The zero-order valence-corrected chi connectivity index (χ0v) is 16.0. The topological polar surface area (TPSA) is 45.2 Å². The Morgan fingerprint density at radius 3 is 2.81 bits per heavy atom. The van der Waals surface area contributed by atoms with E-state index in [1.165, 1.54) is 51.6 Å². The minimum absolute atomic E-state index is 0.00461. The molecule has 0 aromatic heterocycles. The highest BCUT2D eigenvalue weighted by molar-refractivity contribution is 5.41. The summed E-state index contributed by atoms with van der Waals surface area (Å²) in [4.78, 5) is 5.21. The summed E-state index contributed by atoms with van der Waals surface area (Å²) in [6.45, 7) is 6.11. The van der Waals surface area contributed by atoms with Gasteiger partial charge in [0.15, 0.2) is 11.5 Å². The number of methoxy groups -OCH3 is 1. The molecule has 3 aliphatic rings. The number of benzene rings is 1. The first-order valence-corrected chi connectivity index (χ1v) is 10.2. The average Bonchev–Trinajstić information content (AvgIpc) is 3.17. The fourth-order valence-corrected chi connectivity index (χ4v) is 5.22. The molecule has 2 saturated heterocycles. The quantitative estimate of drug-likeness (QED) is 0.894. The van der Waals surface area contributed by atoms with E-state index in [1.807, 2.05) is 12.1 Å². The number of morpholine rings is 1. The summed E-state index contributed by atoms with van der Waals surface area (Å²) in [7, 11) is 1.59. The van der Waals surface area contributed by atoms with Gasteiger partial charge in [-0.2, -0.15) is 0 Å². The van der Waals surface area contributed by atoms with Gasteiger partial charge in [0.05, 0.1) is 19.3 Å². The Bertz CT molecular complexity index is 613. The molecule has 1 aromatic carbocycles. The maximum Gasteiger partial charge on any atom is 0.160 e. The molecule has 4 rings (SSSR count). The second-order valence-corrected chi connectivity index (χ2v) is 8.13. The van der Waals surface area contributed by atoms with E-state index in [1.54, 1.807) is 7.11 Å². The molecular formula is C21H32N2O3. The van der Waals surface area contributed by atoms with E-state index in [9.17, 15) is 5.11 Å². The smallest absolute Gasteiger partial charge is 0.160 e. The number of hydrogen-bond acceptors (Lipinski definition) is 5. The van der Waals surface area contributed by atoms with Crippen molar-refractivity contribution in [3.8, 4) is 11.5 Å². The first-order chi connectivity index (χ1) is 12.7. The number of aromatic hydroxyl groups is 1. The maximum absolute atomic E-state index is 10.1. The minimum Gasteiger partial charge on any atom is -0.504 e. The van der Waals surface area contributed by atoms with Gasteiger partial charge in [-0.1, -0.05) is 18.9 Å². The van der Waals surface area contributed by atoms with Gasteiger partial charge in [0.25, 0.3) is 0 Å². The lowest BCUT2D eigenvalue weighted by Gasteiger charge is -2.52. The van der Waals surface area contributed by atoms with Crippen LogP contribution in [0.5, 0.6) is 11.5 Å². The van der Waals surface area contributed by atoms with Crippen LogP contribution in [0.15, 0.2) is 18.2 Å². The minimum atomic E-state index is -0.00461. The normalized spacial score (nSPS) is 30.7. The summed E-state index contributed by atoms with van der Waals surface area (Å²) in [6.07, 6.45) is 7.73. The second kappa shape index (κ2) is 7.75. The monoisotopic (exact) mass is 360 g/mol. The lowest BCUT2D eigenvalue weighted by atomic mass is 9.78. The van der Waals surface area contributed by atoms with Crippen LogP contribution in [-0.4, -0.2) is 66.4 Å². The fraction of sp³-hybridized carbons (Fsp3) is 0.714. The molecule has 1 aromatic rings. The van der Waals surface area contributed by atoms with Crippen molar-refractivity contribution in [1.29, 1.82) is 0 Å². The number of hydrogen-bond donors (Lipinski definition) is 1. The molecule has 2 aliphatic heterocycles. The molecule has 1 N–H and O–H groups in total. The van der Waals surface area contributed by atoms with Crippen molar-refractivity contribution in [2.24, 2.45) is 0 Å². The van der Waals surface area contributed by atoms with Crippen LogP contribution in [0.2, 0.25) is 0 Å². The summed E-state index contributed by atoms with van der Waals surface area (Å²) >= 11 is 0. The van der Waals surface area contributed by atoms with Crippen LogP contribution >= 0.6 is 0 Å². The van der Waals surface area contributed by atoms with E-state index < -0.39 is 0 Å². The molecule has 1 aliphatic carbocycles. The van der Waals surface area contributed by atoms with Crippen LogP contribution < -0.4 is 4.74 Å². The van der Waals surface area contributed by atoms with E-state index in [-0.39, 0.29) is 11.4 Å². The van der Waals surface area contributed by atoms with Gasteiger partial charge in [0, 0.05) is 25.7 Å². The molecule has 0 amide bonds. The highest BCUT2D eigenvalue weighted by Gasteiger charge is 2.47. The third-order valence-electron chi connectivity index (χ3n) is 6.45. The Morgan fingerprint density at radius 2 is 2.04 bits per heavy atom. The molecule has 1 saturated carbocycles. The Morgan fingerprint density at radius 1 is 1.19 bits per heavy atom. The van der Waals surface area contributed by atoms with Crippen molar-refractivity contribution in [2.45, 2.75) is 56.7 Å². The maximum atomic E-state index is 10.1. The van der Waals surface area contributed by atoms with Crippen molar-refractivity contribution in [3.63, 3.8) is 0 Å². The predicted octanol–water partition coefficient (Wildman–Crippen LogP) is 3.01. The molecule has 1 spiro atoms. The molecule has 5 heteroatoms. The van der Waals surface area contributed by atoms with Crippen LogP contribution in [0.4, 0.5) is 0 Å². The highest BCUT2D eigenvalue weighted by Crippen LogP contribution is 2.39. The van der Waals surface area contributed by atoms with E-state index in [2.05, 4.69) is 15.9 Å². The number of likely N-dealkylation sites (tertiary alicyclic amines) is 1. The fourth-order valence-electron chi connectivity index (χ4n) is 5.22. The van der Waals surface area contributed by atoms with Crippen molar-refractivity contribution in [3.05, 3.63) is 23.8 Å². The number of phenolic OH excluding ortho intramolecular Hbond substituents is 1. The second-order valence-electron chi connectivity index (χ2n) is 8.13. The molecule has 0 unspecified atom stereocenters. The molecule has 3 fully saturated rings. The number of rotatable bonds is 4. The van der Waals surface area contributed by atoms with Gasteiger partial charge in [0.2, 0.25) is 0 Å². The van der Waals surface area contributed by atoms with Crippen molar-refractivity contribution in [1.82, 2.24) is 9.80 Å². The summed E-state index contributed by atoms with van der Waals surface area (Å²) in [5.41, 5.74) is 1.13. The molecule has 0 radical (unpaired) electrons. The Hall–Kier alpha value is -1.30. The molecule has 2 heterocycles. The molecule has 2 atom stereocenters. The summed E-state index contributed by atoms with van der Waals surface area (Å²) in [5, 5.41) is 10.1. The van der Waals surface area contributed by atoms with E-state index in [0.29, 0.717) is 11.8 Å². The average molecular weight is 360 g/mol. The van der Waals surface area contributed by atoms with Crippen molar-refractivity contribution in [2.75, 3.05) is 39.9 Å². The highest BCUT2D eigenvalue weighted by atomic mass is 16.5. The molecule has 5 nitrogen and oxygen atoms in total. The van der Waals surface area contributed by atoms with Crippen LogP contribution in [0.25, 0.3) is 0 Å². The predicted molar refractivity (Wildman–Crippen MR) is 102 cm³/mol. The number of phenols is 1. The molecule has 144 valence electrons.